The molecule has 30 nitrogen and oxygen atoms in total. The summed E-state index contributed by atoms with van der Waals surface area (Å²) in [6, 6.07) is 28.2. The molecule has 0 radical (unpaired) electrons. The summed E-state index contributed by atoms with van der Waals surface area (Å²) >= 11 is 0. The summed E-state index contributed by atoms with van der Waals surface area (Å²) in [7, 11) is 15.7. The third-order valence-corrected chi connectivity index (χ3v) is 24.5. The van der Waals surface area contributed by atoms with Crippen molar-refractivity contribution in [3.05, 3.63) is 143 Å². The fraction of sp³-hybridized carbons (Fsp3) is 0.618. The van der Waals surface area contributed by atoms with Gasteiger partial charge in [0, 0.05) is 54.5 Å². The van der Waals surface area contributed by atoms with Gasteiger partial charge in [-0.25, -0.2) is 28.8 Å². The number of likely N-dealkylation sites (N-methyl/N-ethyl adjacent to an activating group) is 4. The number of carbonyl (C=O) groups is 6. The smallest absolute Gasteiger partial charge is 0.341 e. The van der Waals surface area contributed by atoms with Crippen LogP contribution in [0.4, 0.5) is 0 Å². The maximum Gasteiger partial charge on any atom is 0.341 e. The molecule has 8 rings (SSSR count). The van der Waals surface area contributed by atoms with E-state index in [0.717, 1.165) is 77.5 Å². The van der Waals surface area contributed by atoms with Crippen molar-refractivity contribution >= 4 is 35.8 Å². The fourth-order valence-electron chi connectivity index (χ4n) is 15.6. The summed E-state index contributed by atoms with van der Waals surface area (Å²) in [6.07, 6.45) is 15.0. The van der Waals surface area contributed by atoms with Crippen LogP contribution in [0.5, 0.6) is 69.0 Å². The molecule has 30 heteroatoms. The van der Waals surface area contributed by atoms with Crippen molar-refractivity contribution < 1.29 is 116 Å². The largest absolute Gasteiger partial charge is 0.508 e. The molecule has 0 saturated carbocycles. The van der Waals surface area contributed by atoms with Crippen LogP contribution >= 0.6 is 0 Å². The zero-order valence-corrected chi connectivity index (χ0v) is 89.2. The van der Waals surface area contributed by atoms with Crippen LogP contribution in [0.25, 0.3) is 0 Å². The molecule has 0 aromatic heterocycles. The molecular formula is C110H174N6O24. The predicted molar refractivity (Wildman–Crippen MR) is 552 cm³/mol. The molecule has 0 aliphatic carbocycles. The van der Waals surface area contributed by atoms with Gasteiger partial charge in [0.15, 0.2) is 34.5 Å². The number of carbonyl (C=O) groups excluding carboxylic acids is 6. The van der Waals surface area contributed by atoms with E-state index in [2.05, 4.69) is 107 Å². The minimum absolute atomic E-state index is 0.0155. The van der Waals surface area contributed by atoms with Crippen molar-refractivity contribution in [3.63, 3.8) is 0 Å². The van der Waals surface area contributed by atoms with Gasteiger partial charge < -0.3 is 107 Å². The van der Waals surface area contributed by atoms with Gasteiger partial charge in [0.05, 0.1) is 56.3 Å². The summed E-state index contributed by atoms with van der Waals surface area (Å²) in [5.41, 5.74) is 2.22. The maximum absolute atomic E-state index is 12.7. The van der Waals surface area contributed by atoms with Crippen LogP contribution in [0.2, 0.25) is 0 Å². The van der Waals surface area contributed by atoms with Gasteiger partial charge in [-0.05, 0) is 274 Å². The van der Waals surface area contributed by atoms with Crippen LogP contribution in [0, 0.1) is 35.5 Å². The Balaban J connectivity index is 0.000000434. The summed E-state index contributed by atoms with van der Waals surface area (Å²) in [6.45, 7) is 46.5. The molecule has 2 unspecified atom stereocenters. The van der Waals surface area contributed by atoms with Crippen molar-refractivity contribution in [1.82, 2.24) is 29.4 Å². The number of phenols is 6. The Morgan fingerprint density at radius 2 is 0.543 bits per heavy atom. The minimum atomic E-state index is -0.439. The molecule has 6 aromatic rings. The van der Waals surface area contributed by atoms with Gasteiger partial charge in [0.2, 0.25) is 0 Å². The van der Waals surface area contributed by atoms with E-state index in [1.165, 1.54) is 130 Å². The molecule has 0 amide bonds. The number of hydrogen-bond donors (Lipinski definition) is 6. The van der Waals surface area contributed by atoms with Crippen LogP contribution in [0.3, 0.4) is 0 Å². The molecule has 0 spiro atoms. The standard InChI is InChI=1S/2C22H35NO4.2C17H27NO4.2C16H25NO4/c1-4-6-14-26-21-15-18(10-11-20(21)24)22(25)27-16-19(17(3)5-2)23-12-8-7-9-13-23;1-4-6-14-26-21-15-18(24)10-11-19(21)22(25)27-16-20(17(3)5-2)23-12-8-7-9-13-23;1-6-9-21-16-10-13(7-8-15(16)19)17(20)22-11-14(12(2)3)18(4)5;1-6-9-21-16-10-13(19)7-8-14(16)17(20)22-11-15(12(2)3)18(4)5;1-6-20-15-9-12(7-8-14(15)18)16(19)21-10-13(11(2)3)17(4)5;1-6-20-15-9-12(18)7-8-13(15)16(19)21-10-14(11(2)3)17(4)5/h10-11,15,17,19,24H,4-9,12-14,16H2,1-3H3;10-11,15,17,20,24H,4-9,12-14,16H2,1-3H3;7-8,10,12,14,19H,6,9,11H2,1-5H3;7-8,10,12,15,19H,6,9,11H2,1-5H3;7-9,11,13,18H,6,10H2,1-5H3;7-9,11,14,18H,6,10H2,1-5H3/t17?,19-;17?,20-;14-;15-;13-;14-/m111111/s1. The van der Waals surface area contributed by atoms with E-state index >= 15 is 0 Å². The van der Waals surface area contributed by atoms with Gasteiger partial charge in [0.1, 0.15) is 90.8 Å². The molecule has 2 aliphatic rings. The number of nitrogens with zero attached hydrogens (tertiary/aromatic N) is 6. The second kappa shape index (κ2) is 67.8. The lowest BCUT2D eigenvalue weighted by molar-refractivity contribution is 0.0202. The quantitative estimate of drug-likeness (QED) is 0.0117. The number of piperidine rings is 2. The molecule has 0 bridgehead atoms. The number of likely N-dealkylation sites (tertiary alicyclic amines) is 2. The highest BCUT2D eigenvalue weighted by molar-refractivity contribution is 5.95. The van der Waals surface area contributed by atoms with Crippen molar-refractivity contribution in [1.29, 1.82) is 0 Å². The van der Waals surface area contributed by atoms with Crippen LogP contribution < -0.4 is 28.4 Å². The van der Waals surface area contributed by atoms with E-state index in [1.54, 1.807) is 18.2 Å². The molecule has 2 fully saturated rings. The summed E-state index contributed by atoms with van der Waals surface area (Å²) < 4.78 is 65.8. The third-order valence-electron chi connectivity index (χ3n) is 24.5. The first kappa shape index (κ1) is 124. The highest BCUT2D eigenvalue weighted by Gasteiger charge is 2.32. The van der Waals surface area contributed by atoms with E-state index in [1.807, 2.05) is 104 Å². The van der Waals surface area contributed by atoms with E-state index in [9.17, 15) is 59.4 Å². The van der Waals surface area contributed by atoms with Gasteiger partial charge in [0.25, 0.3) is 0 Å². The number of esters is 6. The van der Waals surface area contributed by atoms with Gasteiger partial charge in [-0.15, -0.1) is 0 Å². The first-order chi connectivity index (χ1) is 66.6. The van der Waals surface area contributed by atoms with Gasteiger partial charge in [-0.3, -0.25) is 9.80 Å². The predicted octanol–water partition coefficient (Wildman–Crippen LogP) is 20.2. The number of rotatable bonds is 50. The monoisotopic (exact) mass is 1960 g/mol. The Bertz CT molecular complexity index is 4500. The summed E-state index contributed by atoms with van der Waals surface area (Å²) in [5, 5.41) is 58.0. The highest BCUT2D eigenvalue weighted by Crippen LogP contribution is 2.34. The molecule has 2 heterocycles. The normalized spacial score (nSPS) is 14.4. The van der Waals surface area contributed by atoms with E-state index in [-0.39, 0.29) is 82.7 Å². The van der Waals surface area contributed by atoms with Gasteiger partial charge >= 0.3 is 35.8 Å². The molecule has 2 saturated heterocycles. The van der Waals surface area contributed by atoms with E-state index in [4.69, 9.17) is 56.8 Å². The first-order valence-corrected chi connectivity index (χ1v) is 50.5. The molecular weight excluding hydrogens is 1790 g/mol. The van der Waals surface area contributed by atoms with Crippen molar-refractivity contribution in [2.45, 2.75) is 251 Å². The number of aromatic hydroxyl groups is 6. The van der Waals surface area contributed by atoms with Crippen LogP contribution in [0.1, 0.15) is 277 Å². The van der Waals surface area contributed by atoms with Crippen molar-refractivity contribution in [3.8, 4) is 69.0 Å². The Hall–Kier alpha value is -10.5. The first-order valence-electron chi connectivity index (χ1n) is 50.5. The Morgan fingerprint density at radius 1 is 0.293 bits per heavy atom. The zero-order valence-electron chi connectivity index (χ0n) is 89.2. The molecule has 788 valence electrons. The SMILES string of the molecule is CCCCOc1cc(C(=O)OC[C@H](C(C)CC)N2CCCCC2)ccc1O.CCCCOc1cc(O)ccc1C(=O)OC[C@H](C(C)CC)N1CCCCC1.CCCOc1cc(C(=O)OC[C@H](C(C)C)N(C)C)ccc1O.CCCOc1cc(O)ccc1C(=O)OC[C@H](C(C)C)N(C)C.CCOc1cc(C(=O)OC[C@H](C(C)C)N(C)C)ccc1O.CCOc1cc(O)ccc1C(=O)OC[C@H](C(C)C)N(C)C. The molecule has 2 aliphatic heterocycles. The van der Waals surface area contributed by atoms with Gasteiger partial charge in [-0.2, -0.15) is 0 Å². The number of phenolic OH excluding ortho intramolecular Hbond substituents is 6. The van der Waals surface area contributed by atoms with Crippen LogP contribution in [-0.2, 0) is 28.4 Å². The average molecular weight is 1960 g/mol. The third kappa shape index (κ3) is 44.8. The zero-order chi connectivity index (χ0) is 105. The molecule has 8 atom stereocenters. The van der Waals surface area contributed by atoms with Crippen LogP contribution in [0.15, 0.2) is 109 Å². The Morgan fingerprint density at radius 3 is 0.814 bits per heavy atom. The second-order valence-electron chi connectivity index (χ2n) is 37.8. The minimum Gasteiger partial charge on any atom is -0.508 e. The number of unbranched alkanes of at least 4 members (excludes halogenated alkanes) is 2. The maximum atomic E-state index is 12.7. The highest BCUT2D eigenvalue weighted by atomic mass is 16.6. The Kier molecular flexibility index (Phi) is 59.9. The molecule has 6 aromatic carbocycles. The van der Waals surface area contributed by atoms with Crippen molar-refractivity contribution in [2.75, 3.05) is 162 Å². The average Bonchev–Trinajstić information content (AvgIpc) is 0.869. The fourth-order valence-corrected chi connectivity index (χ4v) is 15.6. The van der Waals surface area contributed by atoms with E-state index < -0.39 is 23.9 Å². The second-order valence-corrected chi connectivity index (χ2v) is 37.8. The molecule has 140 heavy (non-hydrogen) atoms. The lowest BCUT2D eigenvalue weighted by atomic mass is 9.96. The number of ether oxygens (including phenoxy) is 12. The molecule has 6 N–H and O–H groups in total. The topological polar surface area (TPSA) is 354 Å². The summed E-state index contributed by atoms with van der Waals surface area (Å²) in [4.78, 5) is 87.1. The van der Waals surface area contributed by atoms with Gasteiger partial charge in [-0.1, -0.05) is 149 Å². The summed E-state index contributed by atoms with van der Waals surface area (Å²) in [5.74, 6) is 2.36. The Labute approximate surface area is 836 Å². The lowest BCUT2D eigenvalue weighted by Crippen LogP contribution is -2.46. The van der Waals surface area contributed by atoms with E-state index in [0.29, 0.717) is 183 Å². The van der Waals surface area contributed by atoms with Crippen LogP contribution in [-0.4, -0.2) is 294 Å². The lowest BCUT2D eigenvalue weighted by Gasteiger charge is -2.37. The van der Waals surface area contributed by atoms with Crippen molar-refractivity contribution in [2.24, 2.45) is 35.5 Å². The number of benzene rings is 6. The number of hydrogen-bond acceptors (Lipinski definition) is 30.